The van der Waals surface area contributed by atoms with E-state index in [1.54, 1.807) is 39.1 Å². The van der Waals surface area contributed by atoms with Gasteiger partial charge in [0.1, 0.15) is 11.5 Å². The van der Waals surface area contributed by atoms with Crippen molar-refractivity contribution < 1.29 is 22.7 Å². The van der Waals surface area contributed by atoms with Gasteiger partial charge in [-0.25, -0.2) is 13.1 Å². The van der Waals surface area contributed by atoms with Crippen LogP contribution in [0.4, 0.5) is 5.69 Å². The predicted molar refractivity (Wildman–Crippen MR) is 167 cm³/mol. The fraction of sp³-hybridized carbons (Fsp3) is 0.438. The van der Waals surface area contributed by atoms with Gasteiger partial charge in [-0.3, -0.25) is 14.7 Å². The minimum absolute atomic E-state index is 0.0601. The lowest BCUT2D eigenvalue weighted by molar-refractivity contribution is 0.0980. The lowest BCUT2D eigenvalue weighted by atomic mass is 10.0. The molecule has 0 radical (unpaired) electrons. The third-order valence-electron chi connectivity index (χ3n) is 7.00. The molecule has 1 N–H and O–H groups in total. The molecule has 3 aromatic rings. The van der Waals surface area contributed by atoms with Crippen molar-refractivity contribution in [3.8, 4) is 22.6 Å². The predicted octanol–water partition coefficient (Wildman–Crippen LogP) is 5.11. The van der Waals surface area contributed by atoms with Gasteiger partial charge in [0, 0.05) is 55.7 Å². The van der Waals surface area contributed by atoms with E-state index in [9.17, 15) is 13.2 Å². The summed E-state index contributed by atoms with van der Waals surface area (Å²) in [5.74, 6) is 0.952. The maximum atomic E-state index is 12.5. The minimum Gasteiger partial charge on any atom is -0.492 e. The van der Waals surface area contributed by atoms with Gasteiger partial charge in [-0.1, -0.05) is 0 Å². The Balaban J connectivity index is 1.41. The number of pyridine rings is 1. The molecule has 9 nitrogen and oxygen atoms in total. The number of anilines is 1. The van der Waals surface area contributed by atoms with Crippen molar-refractivity contribution in [2.75, 3.05) is 37.7 Å². The zero-order valence-electron chi connectivity index (χ0n) is 25.4. The second-order valence-corrected chi connectivity index (χ2v) is 14.2. The number of nitrogens with zero attached hydrogens (tertiary/aromatic N) is 3. The lowest BCUT2D eigenvalue weighted by Crippen LogP contribution is -2.46. The highest BCUT2D eigenvalue weighted by Crippen LogP contribution is 2.30. The van der Waals surface area contributed by atoms with Gasteiger partial charge in [-0.2, -0.15) is 0 Å². The lowest BCUT2D eigenvalue weighted by Gasteiger charge is -2.36. The average Bonchev–Trinajstić information content (AvgIpc) is 2.92. The number of rotatable bonds is 10. The van der Waals surface area contributed by atoms with Crippen LogP contribution in [0.3, 0.4) is 0 Å². The topological polar surface area (TPSA) is 101 Å². The van der Waals surface area contributed by atoms with Crippen molar-refractivity contribution in [3.05, 3.63) is 72.1 Å². The van der Waals surface area contributed by atoms with Gasteiger partial charge in [0.15, 0.2) is 0 Å². The Morgan fingerprint density at radius 2 is 1.62 bits per heavy atom. The van der Waals surface area contributed by atoms with E-state index in [1.165, 1.54) is 5.56 Å². The second-order valence-electron chi connectivity index (χ2n) is 11.7. The molecular formula is C32H42N4O5S. The van der Waals surface area contributed by atoms with E-state index in [1.807, 2.05) is 45.2 Å². The van der Waals surface area contributed by atoms with E-state index in [0.29, 0.717) is 12.2 Å². The van der Waals surface area contributed by atoms with Crippen LogP contribution in [0.2, 0.25) is 0 Å². The van der Waals surface area contributed by atoms with Gasteiger partial charge in [-0.05, 0) is 101 Å². The Labute approximate surface area is 249 Å². The van der Waals surface area contributed by atoms with E-state index < -0.39 is 20.7 Å². The standard InChI is InChI=1S/C32H42N4O5S/c1-7-40-30-19-27(20-33-21-30)26-16-24(17-29(18-26)41-23(2)3)22-35-12-14-36(15-13-35)28-10-8-25(9-11-28)31(37)34-42(38,39)32(4,5)6/h8-11,16-21,23H,7,12-15,22H2,1-6H3,(H,34,37). The molecule has 1 aliphatic rings. The molecular weight excluding hydrogens is 552 g/mol. The maximum absolute atomic E-state index is 12.5. The minimum atomic E-state index is -3.77. The zero-order valence-corrected chi connectivity index (χ0v) is 26.2. The average molecular weight is 595 g/mol. The Morgan fingerprint density at radius 3 is 2.24 bits per heavy atom. The normalized spacial score (nSPS) is 14.6. The molecule has 0 aliphatic carbocycles. The number of hydrogen-bond donors (Lipinski definition) is 1. The number of sulfonamides is 1. The molecule has 2 aromatic carbocycles. The highest BCUT2D eigenvalue weighted by Gasteiger charge is 2.31. The third-order valence-corrected chi connectivity index (χ3v) is 9.07. The van der Waals surface area contributed by atoms with Gasteiger partial charge in [0.25, 0.3) is 5.91 Å². The van der Waals surface area contributed by atoms with Crippen LogP contribution in [0.15, 0.2) is 60.9 Å². The number of nitrogens with one attached hydrogen (secondary N) is 1. The summed E-state index contributed by atoms with van der Waals surface area (Å²) in [5.41, 5.74) is 4.50. The summed E-state index contributed by atoms with van der Waals surface area (Å²) in [5, 5.41) is 0. The van der Waals surface area contributed by atoms with Crippen molar-refractivity contribution in [1.82, 2.24) is 14.6 Å². The fourth-order valence-corrected chi connectivity index (χ4v) is 5.33. The van der Waals surface area contributed by atoms with Gasteiger partial charge in [-0.15, -0.1) is 0 Å². The molecule has 1 saturated heterocycles. The molecule has 0 saturated carbocycles. The number of carbonyl (C=O) groups excluding carboxylic acids is 1. The molecule has 2 heterocycles. The quantitative estimate of drug-likeness (QED) is 0.346. The van der Waals surface area contributed by atoms with E-state index in [2.05, 4.69) is 37.7 Å². The first-order valence-electron chi connectivity index (χ1n) is 14.4. The van der Waals surface area contributed by atoms with Gasteiger partial charge >= 0.3 is 0 Å². The van der Waals surface area contributed by atoms with Crippen LogP contribution in [-0.4, -0.2) is 67.8 Å². The number of hydrogen-bond acceptors (Lipinski definition) is 8. The zero-order chi connectivity index (χ0) is 30.5. The summed E-state index contributed by atoms with van der Waals surface area (Å²) in [6.07, 6.45) is 3.63. The molecule has 4 rings (SSSR count). The Hall–Kier alpha value is -3.63. The molecule has 0 unspecified atom stereocenters. The van der Waals surface area contributed by atoms with Gasteiger partial charge < -0.3 is 14.4 Å². The second kappa shape index (κ2) is 13.1. The van der Waals surface area contributed by atoms with Crippen molar-refractivity contribution in [2.45, 2.75) is 58.9 Å². The first-order valence-corrected chi connectivity index (χ1v) is 15.9. The largest absolute Gasteiger partial charge is 0.492 e. The van der Waals surface area contributed by atoms with E-state index in [-0.39, 0.29) is 6.10 Å². The molecule has 226 valence electrons. The van der Waals surface area contributed by atoms with Crippen LogP contribution in [-0.2, 0) is 16.6 Å². The van der Waals surface area contributed by atoms with Gasteiger partial charge in [0.2, 0.25) is 10.0 Å². The number of piperazine rings is 1. The molecule has 10 heteroatoms. The van der Waals surface area contributed by atoms with Crippen LogP contribution in [0, 0.1) is 0 Å². The summed E-state index contributed by atoms with van der Waals surface area (Å²) in [6.45, 7) is 15.5. The first-order chi connectivity index (χ1) is 19.8. The van der Waals surface area contributed by atoms with E-state index in [4.69, 9.17) is 9.47 Å². The number of ether oxygens (including phenoxy) is 2. The maximum Gasteiger partial charge on any atom is 0.264 e. The fourth-order valence-electron chi connectivity index (χ4n) is 4.66. The number of carbonyl (C=O) groups is 1. The molecule has 0 bridgehead atoms. The molecule has 1 fully saturated rings. The summed E-state index contributed by atoms with van der Waals surface area (Å²) >= 11 is 0. The van der Waals surface area contributed by atoms with Crippen LogP contribution in [0.5, 0.6) is 11.5 Å². The summed E-state index contributed by atoms with van der Waals surface area (Å²) < 4.78 is 37.5. The summed E-state index contributed by atoms with van der Waals surface area (Å²) in [7, 11) is -3.77. The highest BCUT2D eigenvalue weighted by molar-refractivity contribution is 7.91. The van der Waals surface area contributed by atoms with Gasteiger partial charge in [0.05, 0.1) is 23.7 Å². The Bertz CT molecular complexity index is 1480. The SMILES string of the molecule is CCOc1cncc(-c2cc(CN3CCN(c4ccc(C(=O)NS(=O)(=O)C(C)(C)C)cc4)CC3)cc(OC(C)C)c2)c1. The Kier molecular flexibility index (Phi) is 9.78. The molecule has 42 heavy (non-hydrogen) atoms. The van der Waals surface area contributed by atoms with E-state index >= 15 is 0 Å². The first kappa shape index (κ1) is 31.3. The highest BCUT2D eigenvalue weighted by atomic mass is 32.2. The smallest absolute Gasteiger partial charge is 0.264 e. The van der Waals surface area contributed by atoms with E-state index in [0.717, 1.165) is 61.0 Å². The number of aromatic nitrogens is 1. The molecule has 1 aliphatic heterocycles. The molecule has 0 atom stereocenters. The molecule has 1 aromatic heterocycles. The monoisotopic (exact) mass is 594 g/mol. The van der Waals surface area contributed by atoms with Crippen molar-refractivity contribution in [1.29, 1.82) is 0 Å². The summed E-state index contributed by atoms with van der Waals surface area (Å²) in [4.78, 5) is 21.6. The number of amides is 1. The molecule has 1 amide bonds. The van der Waals surface area contributed by atoms with Crippen molar-refractivity contribution >= 4 is 21.6 Å². The van der Waals surface area contributed by atoms with Crippen molar-refractivity contribution in [3.63, 3.8) is 0 Å². The Morgan fingerprint density at radius 1 is 0.952 bits per heavy atom. The van der Waals surface area contributed by atoms with Crippen LogP contribution >= 0.6 is 0 Å². The van der Waals surface area contributed by atoms with Crippen LogP contribution in [0.25, 0.3) is 11.1 Å². The summed E-state index contributed by atoms with van der Waals surface area (Å²) in [6, 6.07) is 15.5. The van der Waals surface area contributed by atoms with Crippen LogP contribution in [0.1, 0.15) is 57.5 Å². The van der Waals surface area contributed by atoms with Crippen molar-refractivity contribution in [2.24, 2.45) is 0 Å². The number of benzene rings is 2. The third kappa shape index (κ3) is 8.01. The molecule has 0 spiro atoms. The van der Waals surface area contributed by atoms with Crippen LogP contribution < -0.4 is 19.1 Å².